The van der Waals surface area contributed by atoms with Gasteiger partial charge < -0.3 is 15.5 Å². The Morgan fingerprint density at radius 3 is 2.44 bits per heavy atom. The van der Waals surface area contributed by atoms with Gasteiger partial charge in [-0.05, 0) is 50.1 Å². The Labute approximate surface area is 156 Å². The summed E-state index contributed by atoms with van der Waals surface area (Å²) in [5, 5.41) is 5.38. The van der Waals surface area contributed by atoms with Gasteiger partial charge >= 0.3 is 6.03 Å². The van der Waals surface area contributed by atoms with Crippen LogP contribution in [0.5, 0.6) is 0 Å². The van der Waals surface area contributed by atoms with Gasteiger partial charge in [-0.15, -0.1) is 0 Å². The molecule has 1 fully saturated rings. The van der Waals surface area contributed by atoms with Crippen molar-refractivity contribution in [3.63, 3.8) is 0 Å². The summed E-state index contributed by atoms with van der Waals surface area (Å²) in [6, 6.07) is 11.2. The molecule has 0 aliphatic carbocycles. The number of rotatable bonds is 4. The maximum Gasteiger partial charge on any atom is 0.322 e. The van der Waals surface area contributed by atoms with E-state index in [2.05, 4.69) is 10.6 Å². The summed E-state index contributed by atoms with van der Waals surface area (Å²) >= 11 is 0. The summed E-state index contributed by atoms with van der Waals surface area (Å²) in [7, 11) is 0. The number of nitrogens with one attached hydrogen (secondary N) is 2. The molecule has 2 N–H and O–H groups in total. The molecule has 3 amide bonds. The number of nitrogens with zero attached hydrogens (tertiary/aromatic N) is 1. The molecule has 0 unspecified atom stereocenters. The Kier molecular flexibility index (Phi) is 5.49. The number of urea groups is 1. The minimum atomic E-state index is -0.635. The lowest BCUT2D eigenvalue weighted by Crippen LogP contribution is -2.45. The maximum atomic E-state index is 13.3. The first kappa shape index (κ1) is 18.6. The van der Waals surface area contributed by atoms with Gasteiger partial charge in [0.25, 0.3) is 0 Å². The van der Waals surface area contributed by atoms with Crippen molar-refractivity contribution in [1.29, 1.82) is 0 Å². The molecule has 2 aromatic carbocycles. The van der Waals surface area contributed by atoms with Crippen LogP contribution in [0, 0.1) is 5.82 Å². The van der Waals surface area contributed by atoms with E-state index in [0.717, 1.165) is 0 Å². The number of halogens is 1. The van der Waals surface area contributed by atoms with Crippen molar-refractivity contribution < 1.29 is 18.8 Å². The normalized spacial score (nSPS) is 16.1. The van der Waals surface area contributed by atoms with Crippen molar-refractivity contribution in [3.8, 4) is 0 Å². The standard InChI is InChI=1S/C20H20FN3O3/c1-13(25)14-5-2-7-16(11-14)23-20(27)24-10-4-9-18(24)19(26)22-17-8-3-6-15(21)12-17/h2-3,5-8,11-12,18H,4,9-10H2,1H3,(H,22,26)(H,23,27)/t18-/m1/s1. The van der Waals surface area contributed by atoms with Gasteiger partial charge in [0, 0.05) is 23.5 Å². The molecular formula is C20H20FN3O3. The molecule has 1 atom stereocenters. The van der Waals surface area contributed by atoms with Gasteiger partial charge in [-0.2, -0.15) is 0 Å². The number of benzene rings is 2. The van der Waals surface area contributed by atoms with E-state index >= 15 is 0 Å². The fourth-order valence-electron chi connectivity index (χ4n) is 3.09. The summed E-state index contributed by atoms with van der Waals surface area (Å²) in [6.45, 7) is 1.90. The maximum absolute atomic E-state index is 13.3. The molecule has 2 aromatic rings. The first-order valence-corrected chi connectivity index (χ1v) is 8.69. The van der Waals surface area contributed by atoms with Gasteiger partial charge in [-0.25, -0.2) is 9.18 Å². The zero-order valence-corrected chi connectivity index (χ0v) is 14.9. The number of anilines is 2. The number of carbonyl (C=O) groups is 3. The minimum absolute atomic E-state index is 0.0976. The van der Waals surface area contributed by atoms with Crippen LogP contribution in [0.4, 0.5) is 20.6 Å². The topological polar surface area (TPSA) is 78.5 Å². The molecule has 3 rings (SSSR count). The molecule has 1 aliphatic rings. The van der Waals surface area contributed by atoms with Gasteiger partial charge in [-0.1, -0.05) is 18.2 Å². The second-order valence-electron chi connectivity index (χ2n) is 6.42. The highest BCUT2D eigenvalue weighted by molar-refractivity contribution is 6.00. The van der Waals surface area contributed by atoms with Crippen LogP contribution in [-0.2, 0) is 4.79 Å². The molecule has 0 saturated carbocycles. The third-order valence-corrected chi connectivity index (χ3v) is 4.43. The summed E-state index contributed by atoms with van der Waals surface area (Å²) in [6.07, 6.45) is 1.23. The van der Waals surface area contributed by atoms with E-state index < -0.39 is 17.9 Å². The van der Waals surface area contributed by atoms with Gasteiger partial charge in [0.1, 0.15) is 11.9 Å². The summed E-state index contributed by atoms with van der Waals surface area (Å²) in [5.41, 5.74) is 1.33. The number of Topliss-reactive ketones (excluding diaryl/α,β-unsaturated/α-hetero) is 1. The molecule has 0 aromatic heterocycles. The van der Waals surface area contributed by atoms with E-state index in [0.29, 0.717) is 36.3 Å². The molecule has 0 spiro atoms. The zero-order valence-electron chi connectivity index (χ0n) is 14.9. The third-order valence-electron chi connectivity index (χ3n) is 4.43. The van der Waals surface area contributed by atoms with Crippen molar-refractivity contribution >= 4 is 29.1 Å². The van der Waals surface area contributed by atoms with E-state index in [4.69, 9.17) is 0 Å². The molecule has 27 heavy (non-hydrogen) atoms. The van der Waals surface area contributed by atoms with Crippen molar-refractivity contribution in [1.82, 2.24) is 4.90 Å². The average Bonchev–Trinajstić information content (AvgIpc) is 3.12. The van der Waals surface area contributed by atoms with Gasteiger partial charge in [-0.3, -0.25) is 9.59 Å². The Morgan fingerprint density at radius 1 is 1.04 bits per heavy atom. The largest absolute Gasteiger partial charge is 0.324 e. The van der Waals surface area contributed by atoms with Crippen LogP contribution in [-0.4, -0.2) is 35.2 Å². The Balaban J connectivity index is 1.68. The quantitative estimate of drug-likeness (QED) is 0.807. The molecule has 0 radical (unpaired) electrons. The van der Waals surface area contributed by atoms with Crippen molar-refractivity contribution in [3.05, 3.63) is 59.9 Å². The molecule has 7 heteroatoms. The van der Waals surface area contributed by atoms with Gasteiger partial charge in [0.2, 0.25) is 5.91 Å². The fourth-order valence-corrected chi connectivity index (χ4v) is 3.09. The van der Waals surface area contributed by atoms with E-state index in [1.165, 1.54) is 30.0 Å². The lowest BCUT2D eigenvalue weighted by atomic mass is 10.1. The first-order valence-electron chi connectivity index (χ1n) is 8.69. The highest BCUT2D eigenvalue weighted by Crippen LogP contribution is 2.21. The highest BCUT2D eigenvalue weighted by Gasteiger charge is 2.34. The second kappa shape index (κ2) is 7.99. The number of ketones is 1. The monoisotopic (exact) mass is 369 g/mol. The molecule has 1 saturated heterocycles. The zero-order chi connectivity index (χ0) is 19.4. The number of amides is 3. The molecule has 140 valence electrons. The van der Waals surface area contributed by atoms with Crippen LogP contribution in [0.15, 0.2) is 48.5 Å². The van der Waals surface area contributed by atoms with Crippen LogP contribution >= 0.6 is 0 Å². The lowest BCUT2D eigenvalue weighted by Gasteiger charge is -2.24. The SMILES string of the molecule is CC(=O)c1cccc(NC(=O)N2CCC[C@@H]2C(=O)Nc2cccc(F)c2)c1. The van der Waals surface area contributed by atoms with E-state index in [1.54, 1.807) is 30.3 Å². The molecular weight excluding hydrogens is 349 g/mol. The summed E-state index contributed by atoms with van der Waals surface area (Å²) < 4.78 is 13.3. The van der Waals surface area contributed by atoms with E-state index in [-0.39, 0.29) is 11.7 Å². The predicted octanol–water partition coefficient (Wildman–Crippen LogP) is 3.66. The van der Waals surface area contributed by atoms with Crippen LogP contribution in [0.2, 0.25) is 0 Å². The van der Waals surface area contributed by atoms with Crippen LogP contribution in [0.3, 0.4) is 0 Å². The predicted molar refractivity (Wildman–Crippen MR) is 100 cm³/mol. The fraction of sp³-hybridized carbons (Fsp3) is 0.250. The van der Waals surface area contributed by atoms with Crippen molar-refractivity contribution in [2.75, 3.05) is 17.2 Å². The molecule has 1 heterocycles. The van der Waals surface area contributed by atoms with Crippen LogP contribution in [0.1, 0.15) is 30.1 Å². The van der Waals surface area contributed by atoms with Gasteiger partial charge in [0.15, 0.2) is 5.78 Å². The summed E-state index contributed by atoms with van der Waals surface area (Å²) in [4.78, 5) is 38.1. The van der Waals surface area contributed by atoms with Crippen LogP contribution in [0.25, 0.3) is 0 Å². The Hall–Kier alpha value is -3.22. The molecule has 1 aliphatic heterocycles. The smallest absolute Gasteiger partial charge is 0.322 e. The second-order valence-corrected chi connectivity index (χ2v) is 6.42. The van der Waals surface area contributed by atoms with E-state index in [1.807, 2.05) is 0 Å². The van der Waals surface area contributed by atoms with Gasteiger partial charge in [0.05, 0.1) is 0 Å². The highest BCUT2D eigenvalue weighted by atomic mass is 19.1. The summed E-state index contributed by atoms with van der Waals surface area (Å²) in [5.74, 6) is -0.899. The van der Waals surface area contributed by atoms with Crippen LogP contribution < -0.4 is 10.6 Å². The average molecular weight is 369 g/mol. The molecule has 6 nitrogen and oxygen atoms in total. The number of hydrogen-bond donors (Lipinski definition) is 2. The first-order chi connectivity index (χ1) is 12.9. The molecule has 0 bridgehead atoms. The third kappa shape index (κ3) is 4.49. The Morgan fingerprint density at radius 2 is 1.74 bits per heavy atom. The number of hydrogen-bond acceptors (Lipinski definition) is 3. The lowest BCUT2D eigenvalue weighted by molar-refractivity contribution is -0.119. The van der Waals surface area contributed by atoms with E-state index in [9.17, 15) is 18.8 Å². The number of carbonyl (C=O) groups excluding carboxylic acids is 3. The van der Waals surface area contributed by atoms with Crippen molar-refractivity contribution in [2.24, 2.45) is 0 Å². The number of likely N-dealkylation sites (tertiary alicyclic amines) is 1. The van der Waals surface area contributed by atoms with Crippen molar-refractivity contribution in [2.45, 2.75) is 25.8 Å². The Bertz CT molecular complexity index is 884. The minimum Gasteiger partial charge on any atom is -0.324 e.